The fourth-order valence-corrected chi connectivity index (χ4v) is 2.02. The van der Waals surface area contributed by atoms with Crippen molar-refractivity contribution in [2.75, 3.05) is 6.61 Å². The Bertz CT molecular complexity index is 767. The van der Waals surface area contributed by atoms with Crippen molar-refractivity contribution in [1.82, 2.24) is 5.43 Å². The lowest BCUT2D eigenvalue weighted by atomic mass is 10.1. The van der Waals surface area contributed by atoms with Gasteiger partial charge in [0.05, 0.1) is 11.7 Å². The summed E-state index contributed by atoms with van der Waals surface area (Å²) in [5, 5.41) is 14.4. The number of aliphatic carboxylic acids is 1. The zero-order chi connectivity index (χ0) is 17.5. The highest BCUT2D eigenvalue weighted by atomic mass is 16.5. The van der Waals surface area contributed by atoms with Crippen molar-refractivity contribution in [3.8, 4) is 5.75 Å². The summed E-state index contributed by atoms with van der Waals surface area (Å²) in [4.78, 5) is 22.4. The average Bonchev–Trinajstić information content (AvgIpc) is 2.58. The van der Waals surface area contributed by atoms with Crippen molar-refractivity contribution < 1.29 is 19.4 Å². The summed E-state index contributed by atoms with van der Waals surface area (Å²) >= 11 is 0. The van der Waals surface area contributed by atoms with Gasteiger partial charge in [-0.15, -0.1) is 0 Å². The van der Waals surface area contributed by atoms with E-state index in [0.29, 0.717) is 17.0 Å². The van der Waals surface area contributed by atoms with Gasteiger partial charge in [-0.1, -0.05) is 18.2 Å². The Balaban J connectivity index is 2.01. The molecule has 124 valence electrons. The Labute approximate surface area is 139 Å². The van der Waals surface area contributed by atoms with Gasteiger partial charge in [-0.05, 0) is 55.3 Å². The number of carboxylic acid groups (broad SMARTS) is 1. The molecule has 0 bridgehead atoms. The average molecular weight is 325 g/mol. The first-order valence-electron chi connectivity index (χ1n) is 7.30. The Morgan fingerprint density at radius 3 is 2.42 bits per heavy atom. The molecule has 1 amide bonds. The highest BCUT2D eigenvalue weighted by Crippen LogP contribution is 2.13. The zero-order valence-corrected chi connectivity index (χ0v) is 13.4. The van der Waals surface area contributed by atoms with Crippen molar-refractivity contribution in [3.63, 3.8) is 0 Å². The van der Waals surface area contributed by atoms with Crippen LogP contribution in [0.5, 0.6) is 5.75 Å². The highest BCUT2D eigenvalue weighted by molar-refractivity contribution is 6.01. The fourth-order valence-electron chi connectivity index (χ4n) is 2.02. The van der Waals surface area contributed by atoms with E-state index in [0.717, 1.165) is 11.1 Å². The smallest absolute Gasteiger partial charge is 0.271 e. The zero-order valence-electron chi connectivity index (χ0n) is 13.4. The number of carboxylic acids is 1. The summed E-state index contributed by atoms with van der Waals surface area (Å²) in [6, 6.07) is 14.0. The van der Waals surface area contributed by atoms with Crippen LogP contribution in [0, 0.1) is 6.92 Å². The van der Waals surface area contributed by atoms with Gasteiger partial charge in [-0.25, -0.2) is 5.43 Å². The molecule has 0 aliphatic carbocycles. The molecule has 0 heterocycles. The van der Waals surface area contributed by atoms with E-state index < -0.39 is 12.6 Å². The predicted octanol–water partition coefficient (Wildman–Crippen LogP) is 1.28. The number of nitrogens with one attached hydrogen (secondary N) is 1. The molecule has 0 fully saturated rings. The van der Waals surface area contributed by atoms with Gasteiger partial charge in [0.2, 0.25) is 0 Å². The second-order valence-electron chi connectivity index (χ2n) is 5.14. The molecule has 0 aliphatic heterocycles. The normalized spacial score (nSPS) is 11.0. The van der Waals surface area contributed by atoms with E-state index in [2.05, 4.69) is 10.5 Å². The van der Waals surface area contributed by atoms with E-state index in [1.807, 2.05) is 19.1 Å². The van der Waals surface area contributed by atoms with Crippen molar-refractivity contribution in [2.45, 2.75) is 13.8 Å². The molecule has 0 radical (unpaired) electrons. The number of nitrogens with zero attached hydrogens (tertiary/aromatic N) is 1. The highest BCUT2D eigenvalue weighted by Gasteiger charge is 2.07. The molecular weight excluding hydrogens is 308 g/mol. The molecule has 0 saturated heterocycles. The maximum atomic E-state index is 12.1. The summed E-state index contributed by atoms with van der Waals surface area (Å²) in [6.45, 7) is 3.12. The predicted molar refractivity (Wildman–Crippen MR) is 87.8 cm³/mol. The molecule has 2 rings (SSSR count). The van der Waals surface area contributed by atoms with Crippen LogP contribution in [0.3, 0.4) is 0 Å². The molecular formula is C18H17N2O4-. The topological polar surface area (TPSA) is 90.8 Å². The Morgan fingerprint density at radius 2 is 1.79 bits per heavy atom. The third kappa shape index (κ3) is 4.67. The molecule has 0 spiro atoms. The fraction of sp³-hybridized carbons (Fsp3) is 0.167. The van der Waals surface area contributed by atoms with Crippen LogP contribution >= 0.6 is 0 Å². The van der Waals surface area contributed by atoms with Gasteiger partial charge >= 0.3 is 0 Å². The van der Waals surface area contributed by atoms with Crippen molar-refractivity contribution in [1.29, 1.82) is 0 Å². The molecule has 0 saturated carbocycles. The number of aryl methyl sites for hydroxylation is 1. The lowest BCUT2D eigenvalue weighted by molar-refractivity contribution is -0.307. The van der Waals surface area contributed by atoms with Gasteiger partial charge < -0.3 is 14.6 Å². The van der Waals surface area contributed by atoms with Crippen LogP contribution in [0.15, 0.2) is 53.6 Å². The van der Waals surface area contributed by atoms with Crippen LogP contribution in [0.25, 0.3) is 0 Å². The van der Waals surface area contributed by atoms with Crippen LogP contribution in [-0.2, 0) is 4.79 Å². The molecule has 2 aromatic carbocycles. The number of amides is 1. The second kappa shape index (κ2) is 7.92. The van der Waals surface area contributed by atoms with E-state index in [4.69, 9.17) is 4.74 Å². The molecule has 24 heavy (non-hydrogen) atoms. The van der Waals surface area contributed by atoms with Crippen LogP contribution < -0.4 is 15.3 Å². The molecule has 0 atom stereocenters. The lowest BCUT2D eigenvalue weighted by Gasteiger charge is -2.08. The van der Waals surface area contributed by atoms with Gasteiger partial charge in [0.1, 0.15) is 12.4 Å². The first-order valence-corrected chi connectivity index (χ1v) is 7.30. The summed E-state index contributed by atoms with van der Waals surface area (Å²) in [7, 11) is 0. The Kier molecular flexibility index (Phi) is 5.68. The molecule has 0 aromatic heterocycles. The SMILES string of the molecule is C/C(=N/NC(=O)c1ccccc1C)c1ccc(OCC(=O)[O-])cc1. The molecule has 0 aliphatic rings. The Morgan fingerprint density at radius 1 is 1.12 bits per heavy atom. The lowest BCUT2D eigenvalue weighted by Crippen LogP contribution is -2.28. The minimum atomic E-state index is -1.28. The Hall–Kier alpha value is -3.15. The van der Waals surface area contributed by atoms with Crippen LogP contribution in [-0.4, -0.2) is 24.2 Å². The number of carbonyl (C=O) groups excluding carboxylic acids is 2. The quantitative estimate of drug-likeness (QED) is 0.640. The number of rotatable bonds is 6. The molecule has 2 aromatic rings. The number of ether oxygens (including phenoxy) is 1. The van der Waals surface area contributed by atoms with Crippen molar-refractivity contribution in [2.24, 2.45) is 5.10 Å². The summed E-state index contributed by atoms with van der Waals surface area (Å²) < 4.78 is 5.00. The maximum Gasteiger partial charge on any atom is 0.271 e. The first-order chi connectivity index (χ1) is 11.5. The minimum absolute atomic E-state index is 0.277. The van der Waals surface area contributed by atoms with Crippen molar-refractivity contribution in [3.05, 3.63) is 65.2 Å². The van der Waals surface area contributed by atoms with Crippen molar-refractivity contribution >= 4 is 17.6 Å². The van der Waals surface area contributed by atoms with Gasteiger partial charge in [-0.2, -0.15) is 5.10 Å². The molecule has 1 N–H and O–H groups in total. The van der Waals surface area contributed by atoms with E-state index in [-0.39, 0.29) is 5.91 Å². The van der Waals surface area contributed by atoms with Crippen LogP contribution in [0.4, 0.5) is 0 Å². The number of hydrogen-bond acceptors (Lipinski definition) is 5. The van der Waals surface area contributed by atoms with E-state index >= 15 is 0 Å². The standard InChI is InChI=1S/C18H18N2O4/c1-12-5-3-4-6-16(12)18(23)20-19-13(2)14-7-9-15(10-8-14)24-11-17(21)22/h3-10H,11H2,1-2H3,(H,20,23)(H,21,22)/p-1/b19-13-. The van der Waals surface area contributed by atoms with E-state index in [1.165, 1.54) is 0 Å². The first kappa shape index (κ1) is 17.2. The monoisotopic (exact) mass is 325 g/mol. The van der Waals surface area contributed by atoms with E-state index in [1.54, 1.807) is 43.3 Å². The number of hydrogen-bond donors (Lipinski definition) is 1. The molecule has 6 nitrogen and oxygen atoms in total. The molecule has 6 heteroatoms. The maximum absolute atomic E-state index is 12.1. The van der Waals surface area contributed by atoms with Gasteiger partial charge in [-0.3, -0.25) is 4.79 Å². The summed E-state index contributed by atoms with van der Waals surface area (Å²) in [5.41, 5.74) is 5.36. The van der Waals surface area contributed by atoms with Crippen LogP contribution in [0.1, 0.15) is 28.4 Å². The third-order valence-electron chi connectivity index (χ3n) is 3.34. The summed E-state index contributed by atoms with van der Waals surface area (Å²) in [5.74, 6) is -1.14. The van der Waals surface area contributed by atoms with Crippen LogP contribution in [0.2, 0.25) is 0 Å². The number of carbonyl (C=O) groups is 2. The minimum Gasteiger partial charge on any atom is -0.546 e. The molecule has 0 unspecified atom stereocenters. The van der Waals surface area contributed by atoms with Gasteiger partial charge in [0.15, 0.2) is 0 Å². The summed E-state index contributed by atoms with van der Waals surface area (Å²) in [6.07, 6.45) is 0. The second-order valence-corrected chi connectivity index (χ2v) is 5.14. The number of hydrazone groups is 1. The number of benzene rings is 2. The van der Waals surface area contributed by atoms with Gasteiger partial charge in [0.25, 0.3) is 5.91 Å². The largest absolute Gasteiger partial charge is 0.546 e. The van der Waals surface area contributed by atoms with Gasteiger partial charge in [0, 0.05) is 5.56 Å². The third-order valence-corrected chi connectivity index (χ3v) is 3.34. The van der Waals surface area contributed by atoms with E-state index in [9.17, 15) is 14.7 Å².